The number of carboxylic acids is 1. The fourth-order valence-electron chi connectivity index (χ4n) is 1.79. The van der Waals surface area contributed by atoms with Gasteiger partial charge in [0.05, 0.1) is 6.42 Å². The third-order valence-corrected chi connectivity index (χ3v) is 2.70. The molecule has 0 radical (unpaired) electrons. The van der Waals surface area contributed by atoms with Gasteiger partial charge >= 0.3 is 12.0 Å². The van der Waals surface area contributed by atoms with Crippen molar-refractivity contribution < 1.29 is 14.7 Å². The Balaban J connectivity index is 2.51. The summed E-state index contributed by atoms with van der Waals surface area (Å²) in [5.41, 5.74) is 2.19. The molecule has 1 rings (SSSR count). The topological polar surface area (TPSA) is 69.6 Å². The van der Waals surface area contributed by atoms with Crippen molar-refractivity contribution in [2.45, 2.75) is 32.9 Å². The van der Waals surface area contributed by atoms with Crippen LogP contribution in [0.2, 0.25) is 0 Å². The molecule has 0 heterocycles. The van der Waals surface area contributed by atoms with Crippen LogP contribution >= 0.6 is 0 Å². The Kier molecular flexibility index (Phi) is 5.36. The Morgan fingerprint density at radius 3 is 2.68 bits per heavy atom. The Hall–Kier alpha value is -2.04. The summed E-state index contributed by atoms with van der Waals surface area (Å²) in [4.78, 5) is 23.9. The second-order valence-electron chi connectivity index (χ2n) is 4.79. The fourth-order valence-corrected chi connectivity index (χ4v) is 1.79. The van der Waals surface area contributed by atoms with Crippen molar-refractivity contribution in [3.05, 3.63) is 35.4 Å². The predicted molar refractivity (Wildman–Crippen MR) is 72.9 cm³/mol. The van der Waals surface area contributed by atoms with Crippen LogP contribution in [0.4, 0.5) is 4.79 Å². The zero-order valence-electron chi connectivity index (χ0n) is 11.5. The maximum absolute atomic E-state index is 11.8. The smallest absolute Gasteiger partial charge is 0.317 e. The summed E-state index contributed by atoms with van der Waals surface area (Å²) < 4.78 is 0. The van der Waals surface area contributed by atoms with Gasteiger partial charge in [-0.05, 0) is 19.4 Å². The number of hydrogen-bond acceptors (Lipinski definition) is 2. The summed E-state index contributed by atoms with van der Waals surface area (Å²) in [5.74, 6) is -0.922. The van der Waals surface area contributed by atoms with E-state index in [4.69, 9.17) is 5.11 Å². The molecule has 2 amide bonds. The molecule has 0 aromatic heterocycles. The SMILES string of the molecule is Cc1cccc(CN(C)C(=O)NC(C)CC(=O)O)c1. The lowest BCUT2D eigenvalue weighted by molar-refractivity contribution is -0.137. The number of urea groups is 1. The van der Waals surface area contributed by atoms with Crippen molar-refractivity contribution in [1.82, 2.24) is 10.2 Å². The van der Waals surface area contributed by atoms with Crippen molar-refractivity contribution >= 4 is 12.0 Å². The molecule has 0 spiro atoms. The van der Waals surface area contributed by atoms with Crippen LogP contribution in [0, 0.1) is 6.92 Å². The number of carboxylic acid groups (broad SMARTS) is 1. The third kappa shape index (κ3) is 5.42. The summed E-state index contributed by atoms with van der Waals surface area (Å²) in [6.07, 6.45) is -0.0793. The first kappa shape index (κ1) is 15.0. The molecule has 0 aliphatic carbocycles. The summed E-state index contributed by atoms with van der Waals surface area (Å²) in [5, 5.41) is 11.3. The third-order valence-electron chi connectivity index (χ3n) is 2.70. The number of carbonyl (C=O) groups is 2. The molecule has 19 heavy (non-hydrogen) atoms. The van der Waals surface area contributed by atoms with Crippen LogP contribution < -0.4 is 5.32 Å². The second-order valence-corrected chi connectivity index (χ2v) is 4.79. The van der Waals surface area contributed by atoms with Gasteiger partial charge in [-0.25, -0.2) is 4.79 Å². The molecule has 0 saturated carbocycles. The minimum absolute atomic E-state index is 0.0793. The van der Waals surface area contributed by atoms with E-state index in [1.807, 2.05) is 31.2 Å². The quantitative estimate of drug-likeness (QED) is 0.854. The molecule has 0 fully saturated rings. The van der Waals surface area contributed by atoms with E-state index < -0.39 is 5.97 Å². The van der Waals surface area contributed by atoms with Gasteiger partial charge in [-0.2, -0.15) is 0 Å². The van der Waals surface area contributed by atoms with Gasteiger partial charge in [0, 0.05) is 19.6 Å². The number of nitrogens with zero attached hydrogens (tertiary/aromatic N) is 1. The number of aryl methyl sites for hydroxylation is 1. The predicted octanol–water partition coefficient (Wildman–Crippen LogP) is 2.00. The summed E-state index contributed by atoms with van der Waals surface area (Å²) in [6, 6.07) is 7.27. The highest BCUT2D eigenvalue weighted by atomic mass is 16.4. The molecule has 0 aliphatic heterocycles. The highest BCUT2D eigenvalue weighted by Gasteiger charge is 2.14. The lowest BCUT2D eigenvalue weighted by atomic mass is 10.1. The van der Waals surface area contributed by atoms with Gasteiger partial charge in [0.15, 0.2) is 0 Å². The summed E-state index contributed by atoms with van der Waals surface area (Å²) in [7, 11) is 1.69. The lowest BCUT2D eigenvalue weighted by Crippen LogP contribution is -2.42. The van der Waals surface area contributed by atoms with Crippen LogP contribution in [0.25, 0.3) is 0 Å². The van der Waals surface area contributed by atoms with Crippen LogP contribution in [0.3, 0.4) is 0 Å². The maximum atomic E-state index is 11.8. The van der Waals surface area contributed by atoms with Gasteiger partial charge in [0.25, 0.3) is 0 Å². The minimum Gasteiger partial charge on any atom is -0.481 e. The normalized spacial score (nSPS) is 11.7. The zero-order valence-corrected chi connectivity index (χ0v) is 11.5. The van der Waals surface area contributed by atoms with Crippen molar-refractivity contribution in [2.24, 2.45) is 0 Å². The molecular formula is C14H20N2O3. The molecule has 2 N–H and O–H groups in total. The molecule has 0 aliphatic rings. The number of benzene rings is 1. The first-order valence-corrected chi connectivity index (χ1v) is 6.17. The van der Waals surface area contributed by atoms with Crippen LogP contribution in [-0.4, -0.2) is 35.1 Å². The molecular weight excluding hydrogens is 244 g/mol. The number of rotatable bonds is 5. The number of amides is 2. The van der Waals surface area contributed by atoms with Crippen molar-refractivity contribution in [2.75, 3.05) is 7.05 Å². The van der Waals surface area contributed by atoms with Crippen molar-refractivity contribution in [1.29, 1.82) is 0 Å². The first-order chi connectivity index (χ1) is 8.88. The second kappa shape index (κ2) is 6.78. The largest absolute Gasteiger partial charge is 0.481 e. The van der Waals surface area contributed by atoms with Gasteiger partial charge in [0.1, 0.15) is 0 Å². The first-order valence-electron chi connectivity index (χ1n) is 6.17. The number of aliphatic carboxylic acids is 1. The molecule has 1 unspecified atom stereocenters. The van der Waals surface area contributed by atoms with E-state index in [0.717, 1.165) is 11.1 Å². The molecule has 5 nitrogen and oxygen atoms in total. The standard InChI is InChI=1S/C14H20N2O3/c1-10-5-4-6-12(7-10)9-16(3)14(19)15-11(2)8-13(17)18/h4-7,11H,8-9H2,1-3H3,(H,15,19)(H,17,18). The number of nitrogens with one attached hydrogen (secondary N) is 1. The van der Waals surface area contributed by atoms with E-state index in [1.54, 1.807) is 14.0 Å². The van der Waals surface area contributed by atoms with Gasteiger partial charge in [0.2, 0.25) is 0 Å². The lowest BCUT2D eigenvalue weighted by Gasteiger charge is -2.21. The summed E-state index contributed by atoms with van der Waals surface area (Å²) >= 11 is 0. The van der Waals surface area contributed by atoms with Crippen LogP contribution in [0.5, 0.6) is 0 Å². The summed E-state index contributed by atoms with van der Waals surface area (Å²) in [6.45, 7) is 4.17. The van der Waals surface area contributed by atoms with E-state index in [9.17, 15) is 9.59 Å². The van der Waals surface area contributed by atoms with E-state index >= 15 is 0 Å². The maximum Gasteiger partial charge on any atom is 0.317 e. The Bertz CT molecular complexity index is 460. The zero-order chi connectivity index (χ0) is 14.4. The highest BCUT2D eigenvalue weighted by Crippen LogP contribution is 2.07. The van der Waals surface area contributed by atoms with Crippen LogP contribution in [-0.2, 0) is 11.3 Å². The Labute approximate surface area is 113 Å². The van der Waals surface area contributed by atoms with E-state index in [-0.39, 0.29) is 18.5 Å². The molecule has 0 saturated heterocycles. The van der Waals surface area contributed by atoms with E-state index in [1.165, 1.54) is 4.90 Å². The Morgan fingerprint density at radius 2 is 2.11 bits per heavy atom. The number of hydrogen-bond donors (Lipinski definition) is 2. The molecule has 1 aromatic carbocycles. The van der Waals surface area contributed by atoms with Gasteiger partial charge in [-0.15, -0.1) is 0 Å². The Morgan fingerprint density at radius 1 is 1.42 bits per heavy atom. The minimum atomic E-state index is -0.922. The van der Waals surface area contributed by atoms with E-state index in [0.29, 0.717) is 6.54 Å². The molecule has 104 valence electrons. The fraction of sp³-hybridized carbons (Fsp3) is 0.429. The molecule has 1 aromatic rings. The average molecular weight is 264 g/mol. The monoisotopic (exact) mass is 264 g/mol. The van der Waals surface area contributed by atoms with Gasteiger partial charge in [-0.1, -0.05) is 29.8 Å². The van der Waals surface area contributed by atoms with Crippen LogP contribution in [0.15, 0.2) is 24.3 Å². The highest BCUT2D eigenvalue weighted by molar-refractivity contribution is 5.75. The number of carbonyl (C=O) groups excluding carboxylic acids is 1. The van der Waals surface area contributed by atoms with Crippen LogP contribution in [0.1, 0.15) is 24.5 Å². The van der Waals surface area contributed by atoms with Gasteiger partial charge in [-0.3, -0.25) is 4.79 Å². The van der Waals surface area contributed by atoms with E-state index in [2.05, 4.69) is 5.32 Å². The molecule has 0 bridgehead atoms. The van der Waals surface area contributed by atoms with Crippen molar-refractivity contribution in [3.8, 4) is 0 Å². The average Bonchev–Trinajstić information content (AvgIpc) is 2.27. The molecule has 5 heteroatoms. The van der Waals surface area contributed by atoms with Gasteiger partial charge < -0.3 is 15.3 Å². The van der Waals surface area contributed by atoms with Crippen molar-refractivity contribution in [3.63, 3.8) is 0 Å². The molecule has 1 atom stereocenters.